The van der Waals surface area contributed by atoms with E-state index >= 15 is 0 Å². The van der Waals surface area contributed by atoms with Crippen molar-refractivity contribution in [3.05, 3.63) is 5.82 Å². The highest BCUT2D eigenvalue weighted by molar-refractivity contribution is 6.27. The Morgan fingerprint density at radius 2 is 2.58 bits per heavy atom. The second-order valence-electron chi connectivity index (χ2n) is 2.19. The Labute approximate surface area is 73.7 Å². The van der Waals surface area contributed by atoms with Crippen LogP contribution in [0.15, 0.2) is 0 Å². The van der Waals surface area contributed by atoms with Crippen LogP contribution in [-0.4, -0.2) is 32.4 Å². The third-order valence-corrected chi connectivity index (χ3v) is 1.49. The molecule has 0 spiro atoms. The summed E-state index contributed by atoms with van der Waals surface area (Å²) in [5.41, 5.74) is 0. The molecule has 0 saturated heterocycles. The van der Waals surface area contributed by atoms with Crippen molar-refractivity contribution in [2.45, 2.75) is 13.0 Å². The van der Waals surface area contributed by atoms with Gasteiger partial charge in [-0.2, -0.15) is 5.21 Å². The normalized spacial score (nSPS) is 12.5. The number of rotatable bonds is 3. The summed E-state index contributed by atoms with van der Waals surface area (Å²) < 4.78 is 0. The zero-order valence-corrected chi connectivity index (χ0v) is 7.17. The molecule has 0 fully saturated rings. The van der Waals surface area contributed by atoms with E-state index in [-0.39, 0.29) is 17.8 Å². The van der Waals surface area contributed by atoms with Gasteiger partial charge in [0.2, 0.25) is 5.91 Å². The van der Waals surface area contributed by atoms with Crippen molar-refractivity contribution in [1.29, 1.82) is 0 Å². The van der Waals surface area contributed by atoms with Gasteiger partial charge in [0.15, 0.2) is 5.82 Å². The van der Waals surface area contributed by atoms with Crippen LogP contribution < -0.4 is 5.32 Å². The van der Waals surface area contributed by atoms with E-state index in [0.29, 0.717) is 5.82 Å². The number of hydrogen-bond acceptors (Lipinski definition) is 4. The highest BCUT2D eigenvalue weighted by atomic mass is 35.5. The number of carbonyl (C=O) groups excluding carboxylic acids is 1. The fourth-order valence-electron chi connectivity index (χ4n) is 0.698. The van der Waals surface area contributed by atoms with E-state index in [4.69, 9.17) is 11.6 Å². The SMILES string of the molecule is CC(NC(=O)CCl)c1nn[nH]n1. The second-order valence-corrected chi connectivity index (χ2v) is 2.46. The minimum Gasteiger partial charge on any atom is -0.345 e. The van der Waals surface area contributed by atoms with Crippen molar-refractivity contribution in [3.8, 4) is 0 Å². The smallest absolute Gasteiger partial charge is 0.235 e. The molecule has 1 atom stereocenters. The average molecular weight is 190 g/mol. The van der Waals surface area contributed by atoms with Crippen LogP contribution in [0.3, 0.4) is 0 Å². The van der Waals surface area contributed by atoms with Crippen LogP contribution in [-0.2, 0) is 4.79 Å². The van der Waals surface area contributed by atoms with Crippen molar-refractivity contribution >= 4 is 17.5 Å². The Morgan fingerprint density at radius 3 is 3.08 bits per heavy atom. The predicted octanol–water partition coefficient (Wildman–Crippen LogP) is -0.384. The molecule has 0 aliphatic rings. The molecule has 1 amide bonds. The van der Waals surface area contributed by atoms with Gasteiger partial charge in [0.1, 0.15) is 5.88 Å². The van der Waals surface area contributed by atoms with Gasteiger partial charge in [0, 0.05) is 0 Å². The maximum absolute atomic E-state index is 10.8. The summed E-state index contributed by atoms with van der Waals surface area (Å²) in [7, 11) is 0. The van der Waals surface area contributed by atoms with Crippen molar-refractivity contribution < 1.29 is 4.79 Å². The minimum atomic E-state index is -0.269. The van der Waals surface area contributed by atoms with Gasteiger partial charge < -0.3 is 5.32 Å². The number of halogens is 1. The number of aromatic amines is 1. The number of tetrazole rings is 1. The van der Waals surface area contributed by atoms with Gasteiger partial charge in [0.25, 0.3) is 0 Å². The molecule has 1 aromatic heterocycles. The van der Waals surface area contributed by atoms with Gasteiger partial charge in [-0.25, -0.2) is 0 Å². The standard InChI is InChI=1S/C5H8ClN5O/c1-3(7-4(12)2-6)5-8-10-11-9-5/h3H,2H2,1H3,(H,7,12)(H,8,9,10,11). The molecular weight excluding hydrogens is 182 g/mol. The van der Waals surface area contributed by atoms with E-state index < -0.39 is 0 Å². The van der Waals surface area contributed by atoms with Crippen LogP contribution in [0.2, 0.25) is 0 Å². The van der Waals surface area contributed by atoms with Crippen LogP contribution in [0.25, 0.3) is 0 Å². The highest BCUT2D eigenvalue weighted by Gasteiger charge is 2.11. The van der Waals surface area contributed by atoms with Crippen molar-refractivity contribution in [3.63, 3.8) is 0 Å². The number of hydrogen-bond donors (Lipinski definition) is 2. The number of alkyl halides is 1. The van der Waals surface area contributed by atoms with E-state index in [2.05, 4.69) is 25.9 Å². The lowest BCUT2D eigenvalue weighted by Crippen LogP contribution is -2.28. The average Bonchev–Trinajstić information content (AvgIpc) is 2.56. The summed E-state index contributed by atoms with van der Waals surface area (Å²) in [6.07, 6.45) is 0. The van der Waals surface area contributed by atoms with Gasteiger partial charge in [-0.1, -0.05) is 5.21 Å². The number of amides is 1. The molecule has 0 saturated carbocycles. The lowest BCUT2D eigenvalue weighted by molar-refractivity contribution is -0.119. The molecule has 0 aliphatic carbocycles. The zero-order valence-electron chi connectivity index (χ0n) is 6.41. The highest BCUT2D eigenvalue weighted by Crippen LogP contribution is 2.02. The summed E-state index contributed by atoms with van der Waals surface area (Å²) in [4.78, 5) is 10.8. The number of nitrogens with zero attached hydrogens (tertiary/aromatic N) is 3. The largest absolute Gasteiger partial charge is 0.345 e. The molecule has 7 heteroatoms. The third-order valence-electron chi connectivity index (χ3n) is 1.25. The van der Waals surface area contributed by atoms with E-state index in [1.54, 1.807) is 6.92 Å². The van der Waals surface area contributed by atoms with Crippen molar-refractivity contribution in [2.24, 2.45) is 0 Å². The molecule has 6 nitrogen and oxygen atoms in total. The van der Waals surface area contributed by atoms with Crippen LogP contribution in [0.4, 0.5) is 0 Å². The van der Waals surface area contributed by atoms with Gasteiger partial charge in [0.05, 0.1) is 6.04 Å². The fraction of sp³-hybridized carbons (Fsp3) is 0.600. The predicted molar refractivity (Wildman–Crippen MR) is 41.5 cm³/mol. The molecule has 12 heavy (non-hydrogen) atoms. The van der Waals surface area contributed by atoms with Gasteiger partial charge in [-0.3, -0.25) is 4.79 Å². The number of nitrogens with one attached hydrogen (secondary N) is 2. The van der Waals surface area contributed by atoms with Gasteiger partial charge in [-0.05, 0) is 6.92 Å². The number of carbonyl (C=O) groups is 1. The lowest BCUT2D eigenvalue weighted by atomic mass is 10.3. The molecule has 0 bridgehead atoms. The number of aromatic nitrogens is 4. The molecule has 1 rings (SSSR count). The van der Waals surface area contributed by atoms with Crippen molar-refractivity contribution in [2.75, 3.05) is 5.88 Å². The Balaban J connectivity index is 2.49. The zero-order chi connectivity index (χ0) is 8.97. The Bertz CT molecular complexity index is 248. The first-order chi connectivity index (χ1) is 5.74. The quantitative estimate of drug-likeness (QED) is 0.635. The third kappa shape index (κ3) is 2.16. The summed E-state index contributed by atoms with van der Waals surface area (Å²) in [6, 6.07) is -0.269. The molecule has 1 unspecified atom stereocenters. The second kappa shape index (κ2) is 4.01. The van der Waals surface area contributed by atoms with Crippen LogP contribution >= 0.6 is 11.6 Å². The van der Waals surface area contributed by atoms with Gasteiger partial charge in [-0.15, -0.1) is 21.8 Å². The van der Waals surface area contributed by atoms with E-state index in [1.165, 1.54) is 0 Å². The monoisotopic (exact) mass is 189 g/mol. The summed E-state index contributed by atoms with van der Waals surface area (Å²) in [5.74, 6) is 0.116. The first-order valence-corrected chi connectivity index (χ1v) is 3.86. The molecule has 2 N–H and O–H groups in total. The summed E-state index contributed by atoms with van der Waals surface area (Å²) in [5, 5.41) is 15.6. The molecule has 1 aromatic rings. The van der Waals surface area contributed by atoms with Crippen LogP contribution in [0.5, 0.6) is 0 Å². The topological polar surface area (TPSA) is 83.6 Å². The van der Waals surface area contributed by atoms with Crippen LogP contribution in [0, 0.1) is 0 Å². The summed E-state index contributed by atoms with van der Waals surface area (Å²) >= 11 is 5.28. The van der Waals surface area contributed by atoms with Gasteiger partial charge >= 0.3 is 0 Å². The maximum Gasteiger partial charge on any atom is 0.235 e. The molecular formula is C5H8ClN5O. The van der Waals surface area contributed by atoms with E-state index in [0.717, 1.165) is 0 Å². The molecule has 1 heterocycles. The lowest BCUT2D eigenvalue weighted by Gasteiger charge is -2.06. The van der Waals surface area contributed by atoms with Crippen LogP contribution in [0.1, 0.15) is 18.8 Å². The number of H-pyrrole nitrogens is 1. The maximum atomic E-state index is 10.8. The van der Waals surface area contributed by atoms with E-state index in [1.807, 2.05) is 0 Å². The van der Waals surface area contributed by atoms with E-state index in [9.17, 15) is 4.79 Å². The molecule has 66 valence electrons. The molecule has 0 aromatic carbocycles. The Kier molecular flexibility index (Phi) is 2.98. The van der Waals surface area contributed by atoms with Crippen molar-refractivity contribution in [1.82, 2.24) is 25.9 Å². The summed E-state index contributed by atoms with van der Waals surface area (Å²) in [6.45, 7) is 1.75. The fourth-order valence-corrected chi connectivity index (χ4v) is 0.775. The minimum absolute atomic E-state index is 0.0673. The first kappa shape index (κ1) is 8.92. The molecule has 0 radical (unpaired) electrons. The molecule has 0 aliphatic heterocycles. The Hall–Kier alpha value is -1.17. The first-order valence-electron chi connectivity index (χ1n) is 3.32. The Morgan fingerprint density at radius 1 is 1.83 bits per heavy atom.